The first-order chi connectivity index (χ1) is 8.93. The van der Waals surface area contributed by atoms with Crippen molar-refractivity contribution >= 4 is 62.0 Å². The Hall–Kier alpha value is -0.760. The summed E-state index contributed by atoms with van der Waals surface area (Å²) in [5, 5.41) is 0.572. The van der Waals surface area contributed by atoms with Crippen LogP contribution in [0.15, 0.2) is 10.5 Å². The van der Waals surface area contributed by atoms with Gasteiger partial charge in [-0.3, -0.25) is 4.79 Å². The number of thiazole rings is 1. The number of ether oxygens (including phenoxy) is 1. The number of hydrogen-bond donors (Lipinski definition) is 0. The number of thiophene rings is 1. The lowest BCUT2D eigenvalue weighted by Crippen LogP contribution is -2.06. The molecule has 0 fully saturated rings. The number of esters is 1. The molecule has 0 bridgehead atoms. The Morgan fingerprint density at radius 2 is 2.11 bits per heavy atom. The van der Waals surface area contributed by atoms with Crippen LogP contribution in [0.5, 0.6) is 0 Å². The molecule has 0 N–H and O–H groups in total. The molecular formula is C11H7BrClNO3S2. The Balaban J connectivity index is 2.54. The predicted octanol–water partition coefficient (Wildman–Crippen LogP) is 4.28. The van der Waals surface area contributed by atoms with Crippen molar-refractivity contribution in [1.29, 1.82) is 0 Å². The summed E-state index contributed by atoms with van der Waals surface area (Å²) < 4.78 is 5.98. The number of halogens is 2. The van der Waals surface area contributed by atoms with Crippen molar-refractivity contribution in [2.24, 2.45) is 0 Å². The van der Waals surface area contributed by atoms with Gasteiger partial charge >= 0.3 is 5.97 Å². The van der Waals surface area contributed by atoms with Crippen LogP contribution in [0.1, 0.15) is 27.1 Å². The normalized spacial score (nSPS) is 10.5. The molecular weight excluding hydrogens is 374 g/mol. The van der Waals surface area contributed by atoms with Gasteiger partial charge in [-0.1, -0.05) is 11.6 Å². The van der Waals surface area contributed by atoms with Crippen molar-refractivity contribution in [3.63, 3.8) is 0 Å². The molecule has 0 amide bonds. The van der Waals surface area contributed by atoms with Gasteiger partial charge in [0, 0.05) is 11.4 Å². The summed E-state index contributed by atoms with van der Waals surface area (Å²) in [6, 6.07) is 1.80. The van der Waals surface area contributed by atoms with Gasteiger partial charge in [0.05, 0.1) is 12.0 Å². The Bertz CT molecular complexity index is 645. The van der Waals surface area contributed by atoms with Crippen LogP contribution in [0, 0.1) is 0 Å². The molecule has 0 spiro atoms. The number of aromatic nitrogens is 1. The molecule has 0 aliphatic carbocycles. The molecule has 2 rings (SSSR count). The first-order valence-corrected chi connectivity index (χ1v) is 7.79. The number of ketones is 1. The van der Waals surface area contributed by atoms with Crippen LogP contribution in [0.2, 0.25) is 4.34 Å². The fraction of sp³-hybridized carbons (Fsp3) is 0.182. The van der Waals surface area contributed by atoms with E-state index in [1.165, 1.54) is 25.4 Å². The average molecular weight is 381 g/mol. The zero-order chi connectivity index (χ0) is 14.2. The van der Waals surface area contributed by atoms with Crippen molar-refractivity contribution in [2.45, 2.75) is 6.92 Å². The fourth-order valence-corrected chi connectivity index (χ4v) is 4.05. The zero-order valence-corrected chi connectivity index (χ0v) is 13.8. The lowest BCUT2D eigenvalue weighted by molar-refractivity contribution is 0.0591. The maximum atomic E-state index is 11.6. The molecule has 100 valence electrons. The van der Waals surface area contributed by atoms with E-state index in [0.717, 1.165) is 20.7 Å². The Morgan fingerprint density at radius 1 is 1.42 bits per heavy atom. The summed E-state index contributed by atoms with van der Waals surface area (Å²) in [7, 11) is 1.25. The molecule has 0 unspecified atom stereocenters. The quantitative estimate of drug-likeness (QED) is 0.589. The molecule has 4 nitrogen and oxygen atoms in total. The molecule has 0 aromatic carbocycles. The van der Waals surface area contributed by atoms with Gasteiger partial charge in [-0.25, -0.2) is 9.78 Å². The second-order valence-corrected chi connectivity index (χ2v) is 6.98. The van der Waals surface area contributed by atoms with Crippen LogP contribution in [-0.2, 0) is 4.74 Å². The number of rotatable bonds is 3. The van der Waals surface area contributed by atoms with Gasteiger partial charge in [-0.15, -0.1) is 22.7 Å². The maximum absolute atomic E-state index is 11.6. The van der Waals surface area contributed by atoms with Gasteiger partial charge in [0.1, 0.15) is 14.2 Å². The molecule has 2 aromatic heterocycles. The minimum atomic E-state index is -0.616. The van der Waals surface area contributed by atoms with E-state index in [1.807, 2.05) is 0 Å². The Morgan fingerprint density at radius 3 is 2.58 bits per heavy atom. The van der Waals surface area contributed by atoms with Crippen molar-refractivity contribution < 1.29 is 14.3 Å². The smallest absolute Gasteiger partial charge is 0.358 e. The molecule has 8 heteroatoms. The second kappa shape index (κ2) is 5.70. The molecule has 0 saturated heterocycles. The number of carbonyl (C=O) groups is 2. The van der Waals surface area contributed by atoms with E-state index in [-0.39, 0.29) is 11.5 Å². The number of Topliss-reactive ketones (excluding diaryl/α,β-unsaturated/α-hetero) is 1. The first-order valence-electron chi connectivity index (χ1n) is 4.99. The van der Waals surface area contributed by atoms with Crippen LogP contribution in [0.25, 0.3) is 9.88 Å². The molecule has 0 aliphatic rings. The highest BCUT2D eigenvalue weighted by Crippen LogP contribution is 2.40. The standard InChI is InChI=1S/C11H7BrClNO3S2/c1-4(15)8-7(11(16)17-2)14-10(19-8)6-3-5(12)9(13)18-6/h3H,1-2H3. The second-order valence-electron chi connectivity index (χ2n) is 3.48. The van der Waals surface area contributed by atoms with Crippen LogP contribution in [0.4, 0.5) is 0 Å². The van der Waals surface area contributed by atoms with Gasteiger partial charge in [-0.2, -0.15) is 0 Å². The molecule has 0 saturated carbocycles. The SMILES string of the molecule is COC(=O)c1nc(-c2cc(Br)c(Cl)s2)sc1C(C)=O. The van der Waals surface area contributed by atoms with Crippen molar-refractivity contribution in [1.82, 2.24) is 4.98 Å². The number of carbonyl (C=O) groups excluding carboxylic acids is 2. The first kappa shape index (κ1) is 14.6. The maximum Gasteiger partial charge on any atom is 0.358 e. The summed E-state index contributed by atoms with van der Waals surface area (Å²) in [6.07, 6.45) is 0. The van der Waals surface area contributed by atoms with Crippen LogP contribution < -0.4 is 0 Å². The highest BCUT2D eigenvalue weighted by molar-refractivity contribution is 9.10. The van der Waals surface area contributed by atoms with E-state index in [9.17, 15) is 9.59 Å². The number of nitrogens with zero attached hydrogens (tertiary/aromatic N) is 1. The summed E-state index contributed by atoms with van der Waals surface area (Å²) >= 11 is 11.8. The van der Waals surface area contributed by atoms with Gasteiger partial charge in [0.25, 0.3) is 0 Å². The van der Waals surface area contributed by atoms with Crippen LogP contribution in [0.3, 0.4) is 0 Å². The predicted molar refractivity (Wildman–Crippen MR) is 79.5 cm³/mol. The third kappa shape index (κ3) is 2.89. The summed E-state index contributed by atoms with van der Waals surface area (Å²) in [6.45, 7) is 1.39. The highest BCUT2D eigenvalue weighted by Gasteiger charge is 2.23. The molecule has 0 aliphatic heterocycles. The van der Waals surface area contributed by atoms with Gasteiger partial charge in [0.15, 0.2) is 11.5 Å². The van der Waals surface area contributed by atoms with E-state index in [4.69, 9.17) is 11.6 Å². The largest absolute Gasteiger partial charge is 0.464 e. The molecule has 2 aromatic rings. The molecule has 19 heavy (non-hydrogen) atoms. The summed E-state index contributed by atoms with van der Waals surface area (Å²) in [5.74, 6) is -0.833. The van der Waals surface area contributed by atoms with Gasteiger partial charge in [0.2, 0.25) is 0 Å². The lowest BCUT2D eigenvalue weighted by Gasteiger charge is -1.95. The van der Waals surface area contributed by atoms with E-state index in [0.29, 0.717) is 14.2 Å². The van der Waals surface area contributed by atoms with Crippen molar-refractivity contribution in [3.05, 3.63) is 25.4 Å². The zero-order valence-electron chi connectivity index (χ0n) is 9.82. The number of methoxy groups -OCH3 is 1. The summed E-state index contributed by atoms with van der Waals surface area (Å²) in [5.41, 5.74) is 0.0515. The number of hydrogen-bond acceptors (Lipinski definition) is 6. The third-order valence-corrected chi connectivity index (χ3v) is 5.98. The minimum absolute atomic E-state index is 0.0515. The average Bonchev–Trinajstić information content (AvgIpc) is 2.93. The topological polar surface area (TPSA) is 56.3 Å². The van der Waals surface area contributed by atoms with Gasteiger partial charge in [-0.05, 0) is 22.0 Å². The Kier molecular flexibility index (Phi) is 4.39. The van der Waals surface area contributed by atoms with Gasteiger partial charge < -0.3 is 4.74 Å². The molecule has 2 heterocycles. The van der Waals surface area contributed by atoms with E-state index >= 15 is 0 Å². The van der Waals surface area contributed by atoms with E-state index in [2.05, 4.69) is 25.7 Å². The van der Waals surface area contributed by atoms with Crippen molar-refractivity contribution in [2.75, 3.05) is 7.11 Å². The van der Waals surface area contributed by atoms with E-state index < -0.39 is 5.97 Å². The third-order valence-electron chi connectivity index (χ3n) is 2.18. The molecule has 0 atom stereocenters. The van der Waals surface area contributed by atoms with Crippen molar-refractivity contribution in [3.8, 4) is 9.88 Å². The van der Waals surface area contributed by atoms with Crippen LogP contribution in [-0.4, -0.2) is 23.8 Å². The summed E-state index contributed by atoms with van der Waals surface area (Å²) in [4.78, 5) is 28.4. The lowest BCUT2D eigenvalue weighted by atomic mass is 10.3. The van der Waals surface area contributed by atoms with Crippen LogP contribution >= 0.6 is 50.2 Å². The highest BCUT2D eigenvalue weighted by atomic mass is 79.9. The monoisotopic (exact) mass is 379 g/mol. The molecule has 0 radical (unpaired) electrons. The van der Waals surface area contributed by atoms with E-state index in [1.54, 1.807) is 6.07 Å². The Labute approximate surface area is 130 Å². The minimum Gasteiger partial charge on any atom is -0.464 e. The fourth-order valence-electron chi connectivity index (χ4n) is 1.35.